The highest BCUT2D eigenvalue weighted by molar-refractivity contribution is 6.80. The highest BCUT2D eigenvalue weighted by atomic mass is 28.3. The average molecular weight is 228 g/mol. The molecule has 2 nitrogen and oxygen atoms in total. The van der Waals surface area contributed by atoms with Gasteiger partial charge in [0.2, 0.25) is 0 Å². The van der Waals surface area contributed by atoms with Crippen LogP contribution in [0.1, 0.15) is 6.92 Å². The lowest BCUT2D eigenvalue weighted by molar-refractivity contribution is 0.151. The summed E-state index contributed by atoms with van der Waals surface area (Å²) in [6.45, 7) is 15.1. The third-order valence-corrected chi connectivity index (χ3v) is 3.70. The van der Waals surface area contributed by atoms with Gasteiger partial charge in [-0.3, -0.25) is 0 Å². The van der Waals surface area contributed by atoms with Gasteiger partial charge in [-0.15, -0.1) is 0 Å². The van der Waals surface area contributed by atoms with Gasteiger partial charge in [0.05, 0.1) is 6.61 Å². The minimum absolute atomic E-state index is 0.409. The molecule has 0 aliphatic rings. The van der Waals surface area contributed by atoms with Crippen molar-refractivity contribution in [3.05, 3.63) is 18.2 Å². The van der Waals surface area contributed by atoms with Gasteiger partial charge in [-0.05, 0) is 28.1 Å². The van der Waals surface area contributed by atoms with E-state index >= 15 is 0 Å². The third-order valence-electron chi connectivity index (χ3n) is 2.46. The summed E-state index contributed by atoms with van der Waals surface area (Å²) in [5.74, 6) is 0. The number of ether oxygens (including phenoxy) is 1. The van der Waals surface area contributed by atoms with Crippen molar-refractivity contribution in [2.45, 2.75) is 32.6 Å². The van der Waals surface area contributed by atoms with E-state index in [9.17, 15) is 0 Å². The van der Waals surface area contributed by atoms with Crippen LogP contribution in [0.3, 0.4) is 0 Å². The van der Waals surface area contributed by atoms with Crippen molar-refractivity contribution in [1.82, 2.24) is 4.90 Å². The molecule has 90 valence electrons. The second kappa shape index (κ2) is 6.36. The first-order valence-corrected chi connectivity index (χ1v) is 9.09. The maximum atomic E-state index is 5.07. The molecule has 0 spiro atoms. The summed E-state index contributed by atoms with van der Waals surface area (Å²) in [4.78, 5) is 2.28. The van der Waals surface area contributed by atoms with Crippen LogP contribution in [0.25, 0.3) is 0 Å². The summed E-state index contributed by atoms with van der Waals surface area (Å²) in [7, 11) is 2.71. The quantitative estimate of drug-likeness (QED) is 0.490. The van der Waals surface area contributed by atoms with E-state index in [-0.39, 0.29) is 0 Å². The first-order chi connectivity index (χ1) is 6.78. The van der Waals surface area contributed by atoms with Gasteiger partial charge >= 0.3 is 0 Å². The smallest absolute Gasteiger partial charge is 0.0589 e. The molecule has 3 heteroatoms. The SMILES string of the molecule is C=C([CH-][Si](C)(C)C)C(C)N(C)CCOC. The van der Waals surface area contributed by atoms with Crippen molar-refractivity contribution in [2.75, 3.05) is 27.3 Å². The van der Waals surface area contributed by atoms with Crippen LogP contribution in [0.4, 0.5) is 0 Å². The normalized spacial score (nSPS) is 14.1. The van der Waals surface area contributed by atoms with Crippen LogP contribution in [-0.2, 0) is 4.74 Å². The van der Waals surface area contributed by atoms with E-state index in [4.69, 9.17) is 4.74 Å². The molecule has 0 rings (SSSR count). The minimum Gasteiger partial charge on any atom is -0.383 e. The molecule has 0 aliphatic heterocycles. The predicted octanol–water partition coefficient (Wildman–Crippen LogP) is 2.59. The maximum absolute atomic E-state index is 5.07. The highest BCUT2D eigenvalue weighted by Gasteiger charge is 2.13. The second-order valence-electron chi connectivity index (χ2n) is 5.23. The van der Waals surface area contributed by atoms with Crippen molar-refractivity contribution >= 4 is 8.07 Å². The molecule has 0 radical (unpaired) electrons. The molecule has 0 fully saturated rings. The van der Waals surface area contributed by atoms with Gasteiger partial charge in [0.15, 0.2) is 0 Å². The maximum Gasteiger partial charge on any atom is 0.0589 e. The molecule has 0 aromatic carbocycles. The van der Waals surface area contributed by atoms with Gasteiger partial charge in [-0.2, -0.15) is 0 Å². The molecule has 0 aromatic heterocycles. The van der Waals surface area contributed by atoms with Crippen LogP contribution < -0.4 is 0 Å². The Labute approximate surface area is 96.3 Å². The number of nitrogens with zero attached hydrogens (tertiary/aromatic N) is 1. The average Bonchev–Trinajstić information content (AvgIpc) is 2.10. The molecular formula is C12H26NOSi-. The topological polar surface area (TPSA) is 12.5 Å². The fraction of sp³-hybridized carbons (Fsp3) is 0.750. The molecule has 0 aromatic rings. The molecular weight excluding hydrogens is 202 g/mol. The van der Waals surface area contributed by atoms with Gasteiger partial charge in [0, 0.05) is 13.7 Å². The Hall–Kier alpha value is -0.253. The van der Waals surface area contributed by atoms with Crippen LogP contribution in [0.15, 0.2) is 12.2 Å². The van der Waals surface area contributed by atoms with E-state index < -0.39 is 8.07 Å². The molecule has 0 saturated carbocycles. The minimum atomic E-state index is -1.14. The van der Waals surface area contributed by atoms with Crippen LogP contribution >= 0.6 is 0 Å². The van der Waals surface area contributed by atoms with Gasteiger partial charge < -0.3 is 9.64 Å². The molecule has 1 atom stereocenters. The lowest BCUT2D eigenvalue weighted by Crippen LogP contribution is -2.36. The summed E-state index contributed by atoms with van der Waals surface area (Å²) in [6.07, 6.45) is 0. The Morgan fingerprint density at radius 3 is 2.40 bits per heavy atom. The largest absolute Gasteiger partial charge is 0.383 e. The first kappa shape index (κ1) is 14.7. The Balaban J connectivity index is 4.08. The number of hydrogen-bond donors (Lipinski definition) is 0. The first-order valence-electron chi connectivity index (χ1n) is 5.52. The van der Waals surface area contributed by atoms with Gasteiger partial charge in [0.25, 0.3) is 0 Å². The summed E-state index contributed by atoms with van der Waals surface area (Å²) in [6, 6.07) is 2.79. The number of rotatable bonds is 7. The van der Waals surface area contributed by atoms with Gasteiger partial charge in [-0.1, -0.05) is 19.6 Å². The second-order valence-corrected chi connectivity index (χ2v) is 10.3. The Morgan fingerprint density at radius 2 is 2.00 bits per heavy atom. The Bertz CT molecular complexity index is 198. The molecule has 15 heavy (non-hydrogen) atoms. The molecule has 0 heterocycles. The van der Waals surface area contributed by atoms with E-state index in [2.05, 4.69) is 51.1 Å². The molecule has 0 N–H and O–H groups in total. The summed E-state index contributed by atoms with van der Waals surface area (Å²) >= 11 is 0. The monoisotopic (exact) mass is 228 g/mol. The third kappa shape index (κ3) is 6.76. The van der Waals surface area contributed by atoms with Crippen molar-refractivity contribution < 1.29 is 4.74 Å². The number of likely N-dealkylation sites (N-methyl/N-ethyl adjacent to an activating group) is 1. The highest BCUT2D eigenvalue weighted by Crippen LogP contribution is 2.17. The Kier molecular flexibility index (Phi) is 6.25. The molecule has 0 amide bonds. The molecule has 1 unspecified atom stereocenters. The standard InChI is InChI=1S/C12H26NOSi/c1-11(10-15(5,6)7)12(2)13(3)8-9-14-4/h10,12H,1,8-9H2,2-7H3/q-1. The van der Waals surface area contributed by atoms with Gasteiger partial charge in [0.1, 0.15) is 0 Å². The zero-order valence-electron chi connectivity index (χ0n) is 11.1. The van der Waals surface area contributed by atoms with E-state index in [1.165, 1.54) is 5.57 Å². The summed E-state index contributed by atoms with van der Waals surface area (Å²) < 4.78 is 5.07. The van der Waals surface area contributed by atoms with Crippen LogP contribution in [0, 0.1) is 6.04 Å². The number of hydrogen-bond acceptors (Lipinski definition) is 2. The summed E-state index contributed by atoms with van der Waals surface area (Å²) in [5, 5.41) is 0. The molecule has 0 aliphatic carbocycles. The van der Waals surface area contributed by atoms with E-state index in [1.807, 2.05) is 0 Å². The van der Waals surface area contributed by atoms with Crippen molar-refractivity contribution in [2.24, 2.45) is 0 Å². The fourth-order valence-electron chi connectivity index (χ4n) is 1.39. The molecule has 0 bridgehead atoms. The predicted molar refractivity (Wildman–Crippen MR) is 70.8 cm³/mol. The summed E-state index contributed by atoms with van der Waals surface area (Å²) in [5.41, 5.74) is 1.24. The lowest BCUT2D eigenvalue weighted by Gasteiger charge is -2.35. The van der Waals surface area contributed by atoms with Crippen molar-refractivity contribution in [1.29, 1.82) is 0 Å². The fourth-order valence-corrected chi connectivity index (χ4v) is 2.74. The van der Waals surface area contributed by atoms with Crippen molar-refractivity contribution in [3.8, 4) is 0 Å². The number of methoxy groups -OCH3 is 1. The van der Waals surface area contributed by atoms with Crippen LogP contribution in [0.5, 0.6) is 0 Å². The zero-order chi connectivity index (χ0) is 12.1. The van der Waals surface area contributed by atoms with Crippen LogP contribution in [-0.4, -0.2) is 46.3 Å². The lowest BCUT2D eigenvalue weighted by atomic mass is 10.1. The van der Waals surface area contributed by atoms with Crippen LogP contribution in [0.2, 0.25) is 19.6 Å². The van der Waals surface area contributed by atoms with Gasteiger partial charge in [-0.25, -0.2) is 18.2 Å². The van der Waals surface area contributed by atoms with E-state index in [1.54, 1.807) is 7.11 Å². The zero-order valence-corrected chi connectivity index (χ0v) is 12.1. The van der Waals surface area contributed by atoms with E-state index in [0.717, 1.165) is 13.2 Å². The Morgan fingerprint density at radius 1 is 1.47 bits per heavy atom. The molecule has 0 saturated heterocycles. The van der Waals surface area contributed by atoms with Crippen molar-refractivity contribution in [3.63, 3.8) is 0 Å². The van der Waals surface area contributed by atoms with E-state index in [0.29, 0.717) is 6.04 Å².